The van der Waals surface area contributed by atoms with Crippen molar-refractivity contribution in [3.05, 3.63) is 52.4 Å². The summed E-state index contributed by atoms with van der Waals surface area (Å²) in [6.45, 7) is 4.65. The zero-order valence-electron chi connectivity index (χ0n) is 18.0. The van der Waals surface area contributed by atoms with Gasteiger partial charge in [-0.3, -0.25) is 14.7 Å². The van der Waals surface area contributed by atoms with Crippen LogP contribution in [0, 0.1) is 13.8 Å². The molecule has 160 valence electrons. The van der Waals surface area contributed by atoms with Gasteiger partial charge in [-0.15, -0.1) is 0 Å². The zero-order chi connectivity index (χ0) is 22.0. The summed E-state index contributed by atoms with van der Waals surface area (Å²) in [6, 6.07) is 6.51. The molecule has 0 aliphatic carbocycles. The second kappa shape index (κ2) is 8.71. The van der Waals surface area contributed by atoms with Gasteiger partial charge in [0, 0.05) is 17.8 Å². The van der Waals surface area contributed by atoms with Crippen molar-refractivity contribution in [3.8, 4) is 5.75 Å². The molecule has 0 unspecified atom stereocenters. The van der Waals surface area contributed by atoms with E-state index in [1.807, 2.05) is 37.2 Å². The van der Waals surface area contributed by atoms with Crippen LogP contribution in [0.1, 0.15) is 35.0 Å². The van der Waals surface area contributed by atoms with Crippen molar-refractivity contribution in [2.24, 2.45) is 0 Å². The number of aliphatic hydroxyl groups is 1. The lowest BCUT2D eigenvalue weighted by Crippen LogP contribution is -2.32. The summed E-state index contributed by atoms with van der Waals surface area (Å²) in [5.41, 5.74) is 2.35. The minimum Gasteiger partial charge on any atom is -0.507 e. The van der Waals surface area contributed by atoms with Crippen LogP contribution in [0.4, 0.5) is 0 Å². The lowest BCUT2D eigenvalue weighted by Gasteiger charge is -2.27. The summed E-state index contributed by atoms with van der Waals surface area (Å²) in [5, 5.41) is 18.1. The van der Waals surface area contributed by atoms with Gasteiger partial charge in [0.2, 0.25) is 0 Å². The quantitative estimate of drug-likeness (QED) is 0.412. The average Bonchev–Trinajstić information content (AvgIpc) is 3.18. The van der Waals surface area contributed by atoms with E-state index in [1.54, 1.807) is 27.0 Å². The fraction of sp³-hybridized carbons (Fsp3) is 0.409. The van der Waals surface area contributed by atoms with Crippen molar-refractivity contribution < 1.29 is 19.4 Å². The van der Waals surface area contributed by atoms with E-state index in [9.17, 15) is 14.7 Å². The predicted molar refractivity (Wildman–Crippen MR) is 113 cm³/mol. The lowest BCUT2D eigenvalue weighted by molar-refractivity contribution is -0.140. The number of likely N-dealkylation sites (tertiary alicyclic amines) is 1. The molecule has 0 spiro atoms. The topological polar surface area (TPSA) is 98.8 Å². The highest BCUT2D eigenvalue weighted by atomic mass is 16.5. The second-order valence-corrected chi connectivity index (χ2v) is 7.70. The Balaban J connectivity index is 2.17. The number of nitrogens with zero attached hydrogens (tertiary/aromatic N) is 3. The van der Waals surface area contributed by atoms with Gasteiger partial charge in [0.15, 0.2) is 0 Å². The minimum absolute atomic E-state index is 0.0574. The first-order valence-corrected chi connectivity index (χ1v) is 9.85. The smallest absolute Gasteiger partial charge is 0.295 e. The molecule has 1 fully saturated rings. The number of hydrogen-bond donors (Lipinski definition) is 2. The average molecular weight is 412 g/mol. The number of carbonyl (C=O) groups is 2. The highest BCUT2D eigenvalue weighted by Crippen LogP contribution is 2.43. The molecule has 2 N–H and O–H groups in total. The fourth-order valence-electron chi connectivity index (χ4n) is 3.92. The summed E-state index contributed by atoms with van der Waals surface area (Å²) < 4.78 is 5.51. The zero-order valence-corrected chi connectivity index (χ0v) is 18.0. The molecule has 1 saturated heterocycles. The highest BCUT2D eigenvalue weighted by molar-refractivity contribution is 6.46. The molecule has 0 bridgehead atoms. The molecule has 8 heteroatoms. The molecule has 1 aromatic heterocycles. The van der Waals surface area contributed by atoms with Gasteiger partial charge in [0.05, 0.1) is 30.0 Å². The van der Waals surface area contributed by atoms with Crippen molar-refractivity contribution in [2.75, 3.05) is 34.3 Å². The first-order valence-electron chi connectivity index (χ1n) is 9.85. The number of aliphatic hydroxyl groups excluding tert-OH is 1. The number of amides is 1. The van der Waals surface area contributed by atoms with Crippen LogP contribution in [0.15, 0.2) is 29.8 Å². The number of ketones is 1. The summed E-state index contributed by atoms with van der Waals surface area (Å²) in [5.74, 6) is -0.991. The fourth-order valence-corrected chi connectivity index (χ4v) is 3.92. The van der Waals surface area contributed by atoms with Crippen LogP contribution in [0.5, 0.6) is 5.75 Å². The molecule has 0 radical (unpaired) electrons. The third-order valence-electron chi connectivity index (χ3n) is 5.34. The maximum Gasteiger partial charge on any atom is 0.295 e. The number of aromatic amines is 1. The van der Waals surface area contributed by atoms with Gasteiger partial charge in [-0.1, -0.05) is 18.2 Å². The summed E-state index contributed by atoms with van der Waals surface area (Å²) in [4.78, 5) is 29.6. The number of carbonyl (C=O) groups excluding carboxylic acids is 2. The van der Waals surface area contributed by atoms with E-state index in [0.29, 0.717) is 41.2 Å². The van der Waals surface area contributed by atoms with E-state index >= 15 is 0 Å². The number of nitrogens with one attached hydrogen (secondary N) is 1. The second-order valence-electron chi connectivity index (χ2n) is 7.70. The number of aromatic nitrogens is 2. The molecule has 2 heterocycles. The van der Waals surface area contributed by atoms with Crippen LogP contribution in [0.2, 0.25) is 0 Å². The summed E-state index contributed by atoms with van der Waals surface area (Å²) in [6.07, 6.45) is 0.690. The summed E-state index contributed by atoms with van der Waals surface area (Å²) >= 11 is 0. The Bertz CT molecular complexity index is 973. The normalized spacial score (nSPS) is 18.5. The Labute approximate surface area is 176 Å². The van der Waals surface area contributed by atoms with E-state index in [1.165, 1.54) is 4.90 Å². The monoisotopic (exact) mass is 412 g/mol. The van der Waals surface area contributed by atoms with Crippen LogP contribution >= 0.6 is 0 Å². The molecule has 1 aliphatic heterocycles. The van der Waals surface area contributed by atoms with Crippen molar-refractivity contribution in [1.82, 2.24) is 20.0 Å². The number of para-hydroxylation sites is 1. The predicted octanol–water partition coefficient (Wildman–Crippen LogP) is 2.41. The first kappa shape index (κ1) is 21.6. The summed E-state index contributed by atoms with van der Waals surface area (Å²) in [7, 11) is 5.45. The molecule has 1 aliphatic rings. The van der Waals surface area contributed by atoms with E-state index in [2.05, 4.69) is 10.2 Å². The highest BCUT2D eigenvalue weighted by Gasteiger charge is 2.47. The third-order valence-corrected chi connectivity index (χ3v) is 5.34. The Morgan fingerprint density at radius 2 is 1.97 bits per heavy atom. The number of aryl methyl sites for hydroxylation is 2. The number of Topliss-reactive ketones (excluding diaryl/α,β-unsaturated/α-hetero) is 1. The third kappa shape index (κ3) is 3.82. The molecular formula is C22H28N4O4. The van der Waals surface area contributed by atoms with Gasteiger partial charge in [-0.05, 0) is 47.0 Å². The first-order chi connectivity index (χ1) is 14.3. The number of methoxy groups -OCH3 is 1. The maximum absolute atomic E-state index is 13.1. The Morgan fingerprint density at radius 1 is 1.27 bits per heavy atom. The number of H-pyrrole nitrogens is 1. The minimum atomic E-state index is -0.739. The molecule has 1 atom stereocenters. The van der Waals surface area contributed by atoms with Crippen molar-refractivity contribution in [3.63, 3.8) is 0 Å². The van der Waals surface area contributed by atoms with Crippen LogP contribution < -0.4 is 4.74 Å². The lowest BCUT2D eigenvalue weighted by atomic mass is 9.94. The van der Waals surface area contributed by atoms with Gasteiger partial charge in [-0.2, -0.15) is 5.10 Å². The maximum atomic E-state index is 13.1. The van der Waals surface area contributed by atoms with Crippen molar-refractivity contribution in [2.45, 2.75) is 26.3 Å². The van der Waals surface area contributed by atoms with E-state index in [0.717, 1.165) is 6.54 Å². The molecule has 0 saturated carbocycles. The number of ether oxygens (including phenoxy) is 1. The number of rotatable bonds is 7. The van der Waals surface area contributed by atoms with Gasteiger partial charge in [0.1, 0.15) is 11.5 Å². The number of hydrogen-bond acceptors (Lipinski definition) is 6. The molecule has 30 heavy (non-hydrogen) atoms. The number of benzene rings is 1. The van der Waals surface area contributed by atoms with Gasteiger partial charge >= 0.3 is 0 Å². The van der Waals surface area contributed by atoms with Gasteiger partial charge in [-0.25, -0.2) is 0 Å². The van der Waals surface area contributed by atoms with Crippen molar-refractivity contribution >= 4 is 17.4 Å². The van der Waals surface area contributed by atoms with Crippen LogP contribution in [-0.4, -0.2) is 71.1 Å². The molecule has 1 aromatic carbocycles. The van der Waals surface area contributed by atoms with Crippen LogP contribution in [0.3, 0.4) is 0 Å². The van der Waals surface area contributed by atoms with Crippen molar-refractivity contribution in [1.29, 1.82) is 0 Å². The van der Waals surface area contributed by atoms with Gasteiger partial charge < -0.3 is 19.6 Å². The Kier molecular flexibility index (Phi) is 6.26. The van der Waals surface area contributed by atoms with Crippen LogP contribution in [-0.2, 0) is 9.59 Å². The Morgan fingerprint density at radius 3 is 2.57 bits per heavy atom. The standard InChI is InChI=1S/C22H28N4O4/c1-13-17(14(2)24-23-13)20(27)18-19(15-9-6-7-10-16(15)30-5)26(22(29)21(18)28)12-8-11-25(3)4/h6-7,9-10,19,27H,8,11-12H2,1-5H3,(H,23,24)/t19-/m1/s1. The van der Waals surface area contributed by atoms with E-state index in [-0.39, 0.29) is 11.3 Å². The molecule has 3 rings (SSSR count). The molecule has 2 aromatic rings. The Hall–Kier alpha value is -3.13. The van der Waals surface area contributed by atoms with Crippen LogP contribution in [0.25, 0.3) is 5.76 Å². The molecule has 1 amide bonds. The molecule has 8 nitrogen and oxygen atoms in total. The van der Waals surface area contributed by atoms with Gasteiger partial charge in [0.25, 0.3) is 11.7 Å². The largest absolute Gasteiger partial charge is 0.507 e. The van der Waals surface area contributed by atoms with E-state index < -0.39 is 17.7 Å². The van der Waals surface area contributed by atoms with E-state index in [4.69, 9.17) is 4.74 Å². The SMILES string of the molecule is COc1ccccc1[C@@H]1C(=C(O)c2c(C)n[nH]c2C)C(=O)C(=O)N1CCCN(C)C. The molecular weight excluding hydrogens is 384 g/mol.